The average molecular weight is 153 g/mol. The zero-order valence-electron chi connectivity index (χ0n) is 6.66. The molecule has 1 aliphatic heterocycles. The molecule has 0 radical (unpaired) electrons. The molecule has 2 aliphatic carbocycles. The summed E-state index contributed by atoms with van der Waals surface area (Å²) in [5.41, 5.74) is 0. The molecule has 0 amide bonds. The van der Waals surface area contributed by atoms with Crippen molar-refractivity contribution in [3.63, 3.8) is 0 Å². The quantitative estimate of drug-likeness (QED) is 0.565. The van der Waals surface area contributed by atoms with Crippen molar-refractivity contribution in [2.45, 2.75) is 18.9 Å². The molecule has 0 aromatic rings. The maximum Gasteiger partial charge on any atom is 0.0465 e. The first kappa shape index (κ1) is 6.44. The summed E-state index contributed by atoms with van der Waals surface area (Å²) in [5, 5.41) is 12.7. The molecule has 62 valence electrons. The van der Waals surface area contributed by atoms with Gasteiger partial charge in [-0.1, -0.05) is 0 Å². The molecule has 1 saturated heterocycles. The average Bonchev–Trinajstić information content (AvgIpc) is 2.55. The predicted molar refractivity (Wildman–Crippen MR) is 42.1 cm³/mol. The van der Waals surface area contributed by atoms with Crippen molar-refractivity contribution >= 4 is 0 Å². The second-order valence-corrected chi connectivity index (χ2v) is 4.42. The Labute approximate surface area is 67.0 Å². The highest BCUT2D eigenvalue weighted by atomic mass is 16.3. The fourth-order valence-electron chi connectivity index (χ4n) is 3.71. The number of rotatable bonds is 1. The fraction of sp³-hybridized carbons (Fsp3) is 1.00. The molecular weight excluding hydrogens is 138 g/mol. The highest BCUT2D eigenvalue weighted by molar-refractivity contribution is 5.08. The Kier molecular flexibility index (Phi) is 1.16. The van der Waals surface area contributed by atoms with Crippen LogP contribution in [-0.2, 0) is 0 Å². The number of hydrogen-bond acceptors (Lipinski definition) is 2. The first-order valence-corrected chi connectivity index (χ1v) is 4.74. The lowest BCUT2D eigenvalue weighted by Crippen LogP contribution is -2.28. The molecule has 3 fully saturated rings. The lowest BCUT2D eigenvalue weighted by molar-refractivity contribution is 0.144. The number of aliphatic hydroxyl groups excluding tert-OH is 1. The molecule has 1 heterocycles. The van der Waals surface area contributed by atoms with E-state index in [9.17, 15) is 5.11 Å². The van der Waals surface area contributed by atoms with Crippen LogP contribution < -0.4 is 5.32 Å². The summed E-state index contributed by atoms with van der Waals surface area (Å²) in [7, 11) is 0. The van der Waals surface area contributed by atoms with E-state index in [1.54, 1.807) is 0 Å². The topological polar surface area (TPSA) is 32.3 Å². The first-order valence-electron chi connectivity index (χ1n) is 4.74. The van der Waals surface area contributed by atoms with Crippen LogP contribution in [0.4, 0.5) is 0 Å². The van der Waals surface area contributed by atoms with Crippen LogP contribution in [0.2, 0.25) is 0 Å². The third-order valence-corrected chi connectivity index (χ3v) is 4.18. The normalized spacial score (nSPS) is 59.2. The van der Waals surface area contributed by atoms with Gasteiger partial charge in [-0.3, -0.25) is 0 Å². The van der Waals surface area contributed by atoms with Crippen molar-refractivity contribution in [1.29, 1.82) is 0 Å². The van der Waals surface area contributed by atoms with E-state index in [1.165, 1.54) is 19.4 Å². The Morgan fingerprint density at radius 1 is 1.27 bits per heavy atom. The summed E-state index contributed by atoms with van der Waals surface area (Å²) in [6, 6.07) is 0.827. The van der Waals surface area contributed by atoms with Gasteiger partial charge in [0.25, 0.3) is 0 Å². The van der Waals surface area contributed by atoms with E-state index in [0.717, 1.165) is 23.8 Å². The molecule has 0 aromatic heterocycles. The minimum absolute atomic E-state index is 0.431. The second kappa shape index (κ2) is 1.99. The smallest absolute Gasteiger partial charge is 0.0465 e. The molecule has 2 nitrogen and oxygen atoms in total. The Morgan fingerprint density at radius 2 is 2.18 bits per heavy atom. The zero-order chi connectivity index (χ0) is 7.42. The Hall–Kier alpha value is -0.0800. The fourth-order valence-corrected chi connectivity index (χ4v) is 3.71. The lowest BCUT2D eigenvalue weighted by Gasteiger charge is -2.25. The van der Waals surface area contributed by atoms with Crippen molar-refractivity contribution in [2.24, 2.45) is 23.7 Å². The van der Waals surface area contributed by atoms with Gasteiger partial charge in [-0.15, -0.1) is 0 Å². The molecular formula is C9H15NO. The zero-order valence-corrected chi connectivity index (χ0v) is 6.66. The van der Waals surface area contributed by atoms with Crippen molar-refractivity contribution < 1.29 is 5.11 Å². The minimum Gasteiger partial charge on any atom is -0.396 e. The van der Waals surface area contributed by atoms with Gasteiger partial charge in [0.15, 0.2) is 0 Å². The maximum absolute atomic E-state index is 9.18. The highest BCUT2D eigenvalue weighted by Crippen LogP contribution is 2.54. The van der Waals surface area contributed by atoms with E-state index < -0.39 is 0 Å². The molecule has 3 aliphatic rings. The molecule has 11 heavy (non-hydrogen) atoms. The largest absolute Gasteiger partial charge is 0.396 e. The molecule has 5 atom stereocenters. The van der Waals surface area contributed by atoms with Gasteiger partial charge in [-0.25, -0.2) is 0 Å². The van der Waals surface area contributed by atoms with E-state index in [0.29, 0.717) is 12.5 Å². The summed E-state index contributed by atoms with van der Waals surface area (Å²) >= 11 is 0. The summed E-state index contributed by atoms with van der Waals surface area (Å²) in [4.78, 5) is 0. The molecule has 2 N–H and O–H groups in total. The number of fused-ring (bicyclic) bond motifs is 1. The van der Waals surface area contributed by atoms with E-state index >= 15 is 0 Å². The molecule has 2 heteroatoms. The Morgan fingerprint density at radius 3 is 3.00 bits per heavy atom. The van der Waals surface area contributed by atoms with Crippen LogP contribution in [0.5, 0.6) is 0 Å². The van der Waals surface area contributed by atoms with E-state index in [-0.39, 0.29) is 0 Å². The Balaban J connectivity index is 1.92. The molecule has 0 spiro atoms. The van der Waals surface area contributed by atoms with Crippen LogP contribution >= 0.6 is 0 Å². The van der Waals surface area contributed by atoms with Gasteiger partial charge in [-0.2, -0.15) is 0 Å². The molecule has 2 bridgehead atoms. The lowest BCUT2D eigenvalue weighted by atomic mass is 9.81. The summed E-state index contributed by atoms with van der Waals surface area (Å²) in [6.07, 6.45) is 2.74. The summed E-state index contributed by atoms with van der Waals surface area (Å²) < 4.78 is 0. The van der Waals surface area contributed by atoms with Gasteiger partial charge >= 0.3 is 0 Å². The molecule has 2 saturated carbocycles. The third-order valence-electron chi connectivity index (χ3n) is 4.18. The van der Waals surface area contributed by atoms with Crippen LogP contribution in [0, 0.1) is 23.7 Å². The van der Waals surface area contributed by atoms with Crippen molar-refractivity contribution in [2.75, 3.05) is 13.2 Å². The van der Waals surface area contributed by atoms with Crippen molar-refractivity contribution in [1.82, 2.24) is 5.32 Å². The van der Waals surface area contributed by atoms with Gasteiger partial charge in [0, 0.05) is 12.6 Å². The summed E-state index contributed by atoms with van der Waals surface area (Å²) in [5.74, 6) is 3.25. The second-order valence-electron chi connectivity index (χ2n) is 4.42. The number of nitrogens with one attached hydrogen (secondary N) is 1. The van der Waals surface area contributed by atoms with Gasteiger partial charge < -0.3 is 10.4 Å². The van der Waals surface area contributed by atoms with Gasteiger partial charge in [0.1, 0.15) is 0 Å². The van der Waals surface area contributed by atoms with E-state index in [1.807, 2.05) is 0 Å². The van der Waals surface area contributed by atoms with E-state index in [4.69, 9.17) is 0 Å². The van der Waals surface area contributed by atoms with Gasteiger partial charge in [0.2, 0.25) is 0 Å². The van der Waals surface area contributed by atoms with Crippen LogP contribution in [0.15, 0.2) is 0 Å². The van der Waals surface area contributed by atoms with Crippen LogP contribution in [-0.4, -0.2) is 24.3 Å². The SMILES string of the molecule is OC[C@@H]1C2CNC3C[C@@H]1C[C@@H]32. The monoisotopic (exact) mass is 153 g/mol. The maximum atomic E-state index is 9.18. The van der Waals surface area contributed by atoms with Crippen molar-refractivity contribution in [3.05, 3.63) is 0 Å². The molecule has 0 aromatic carbocycles. The van der Waals surface area contributed by atoms with Crippen LogP contribution in [0.1, 0.15) is 12.8 Å². The van der Waals surface area contributed by atoms with E-state index in [2.05, 4.69) is 5.32 Å². The number of aliphatic hydroxyl groups is 1. The standard InChI is InChI=1S/C9H15NO/c11-4-8-5-1-6-7(8)3-10-9(6)2-5/h5-11H,1-4H2/t5-,6+,7?,8-,9?/m0/s1. The van der Waals surface area contributed by atoms with Gasteiger partial charge in [0.05, 0.1) is 0 Å². The highest BCUT2D eigenvalue weighted by Gasteiger charge is 2.55. The van der Waals surface area contributed by atoms with Crippen LogP contribution in [0.25, 0.3) is 0 Å². The van der Waals surface area contributed by atoms with Crippen molar-refractivity contribution in [3.8, 4) is 0 Å². The number of hydrogen-bond donors (Lipinski definition) is 2. The predicted octanol–water partition coefficient (Wildman–Crippen LogP) is 0.223. The Bertz CT molecular complexity index is 180. The van der Waals surface area contributed by atoms with Gasteiger partial charge in [-0.05, 0) is 43.1 Å². The van der Waals surface area contributed by atoms with Crippen LogP contribution in [0.3, 0.4) is 0 Å². The first-order chi connectivity index (χ1) is 5.40. The molecule has 2 unspecified atom stereocenters. The third kappa shape index (κ3) is 0.651. The summed E-state index contributed by atoms with van der Waals surface area (Å²) in [6.45, 7) is 1.61. The minimum atomic E-state index is 0.431. The molecule has 3 rings (SSSR count).